The summed E-state index contributed by atoms with van der Waals surface area (Å²) in [5.41, 5.74) is -0.545. The quantitative estimate of drug-likeness (QED) is 0.142. The Kier molecular flexibility index (Phi) is 9.26. The fourth-order valence-corrected chi connectivity index (χ4v) is 6.75. The molecule has 3 N–H and O–H groups in total. The number of amides is 2. The largest absolute Gasteiger partial charge is 0.443 e. The van der Waals surface area contributed by atoms with Gasteiger partial charge in [-0.25, -0.2) is 32.9 Å². The maximum absolute atomic E-state index is 15.1. The average Bonchev–Trinajstić information content (AvgIpc) is 3.86. The average molecular weight is 817 g/mol. The lowest BCUT2D eigenvalue weighted by Crippen LogP contribution is -2.51. The van der Waals surface area contributed by atoms with Crippen LogP contribution in [0.3, 0.4) is 0 Å². The molecule has 0 bridgehead atoms. The van der Waals surface area contributed by atoms with Crippen LogP contribution >= 0.6 is 11.6 Å². The molecule has 13 nitrogen and oxygen atoms in total. The Bertz CT molecular complexity index is 2410. The lowest BCUT2D eigenvalue weighted by Gasteiger charge is -2.31. The molecule has 4 aromatic rings. The number of halogens is 8. The van der Waals surface area contributed by atoms with Gasteiger partial charge in [-0.05, 0) is 49.9 Å². The van der Waals surface area contributed by atoms with Crippen molar-refractivity contribution in [2.24, 2.45) is 16.1 Å². The first kappa shape index (κ1) is 39.1. The zero-order chi connectivity index (χ0) is 41.3. The maximum atomic E-state index is 15.1. The molecule has 0 unspecified atom stereocenters. The highest BCUT2D eigenvalue weighted by Gasteiger charge is 2.70. The summed E-state index contributed by atoms with van der Waals surface area (Å²) >= 11 is 6.44. The summed E-state index contributed by atoms with van der Waals surface area (Å²) in [5, 5.41) is 19.0. The molecule has 2 aliphatic carbocycles. The third kappa shape index (κ3) is 6.67. The molecule has 0 spiro atoms. The topological polar surface area (TPSA) is 169 Å². The highest BCUT2D eigenvalue weighted by molar-refractivity contribution is 6.32. The number of hydrogen-bond acceptors (Lipinski definition) is 9. The van der Waals surface area contributed by atoms with Gasteiger partial charge in [0.05, 0.1) is 23.0 Å². The molecule has 2 saturated carbocycles. The highest BCUT2D eigenvalue weighted by atomic mass is 35.5. The number of carbonyl (C=O) groups excluding carboxylic acids is 2. The molecule has 2 fully saturated rings. The third-order valence-electron chi connectivity index (χ3n) is 9.89. The number of rotatable bonds is 9. The molecule has 3 atom stereocenters. The van der Waals surface area contributed by atoms with Gasteiger partial charge in [-0.3, -0.25) is 9.69 Å². The predicted molar refractivity (Wildman–Crippen MR) is 185 cm³/mol. The van der Waals surface area contributed by atoms with Crippen LogP contribution in [0.1, 0.15) is 63.0 Å². The second-order valence-corrected chi connectivity index (χ2v) is 14.5. The van der Waals surface area contributed by atoms with Crippen LogP contribution in [0.25, 0.3) is 16.8 Å². The molecule has 296 valence electrons. The summed E-state index contributed by atoms with van der Waals surface area (Å²) in [7, 11) is 0. The van der Waals surface area contributed by atoms with Crippen LogP contribution in [0.2, 0.25) is 5.02 Å². The zero-order valence-corrected chi connectivity index (χ0v) is 30.3. The molecule has 1 aliphatic heterocycles. The molecule has 0 radical (unpaired) electrons. The Labute approximate surface area is 323 Å². The number of aromatic nitrogens is 5. The van der Waals surface area contributed by atoms with E-state index in [0.29, 0.717) is 15.8 Å². The number of benzene rings is 2. The van der Waals surface area contributed by atoms with Crippen molar-refractivity contribution in [1.29, 1.82) is 5.26 Å². The first-order chi connectivity index (χ1) is 26.8. The normalized spacial score (nSPS) is 22.5. The van der Waals surface area contributed by atoms with Gasteiger partial charge < -0.3 is 15.8 Å². The number of guanidine groups is 1. The predicted octanol–water partition coefficient (Wildman–Crippen LogP) is 6.51. The van der Waals surface area contributed by atoms with Crippen LogP contribution in [-0.4, -0.2) is 65.2 Å². The lowest BCUT2D eigenvalue weighted by molar-refractivity contribution is -0.164. The zero-order valence-electron chi connectivity index (χ0n) is 29.5. The number of ether oxygens (including phenoxy) is 1. The molecule has 0 saturated heterocycles. The molecule has 57 heavy (non-hydrogen) atoms. The number of nitrogens with zero attached hydrogens (tertiary/aromatic N) is 8. The van der Waals surface area contributed by atoms with Crippen LogP contribution in [0.4, 0.5) is 35.5 Å². The number of nitrogens with one attached hydrogen (secondary N) is 1. The summed E-state index contributed by atoms with van der Waals surface area (Å²) in [6.07, 6.45) is -8.59. The number of nitrogens with two attached hydrogens (primary N) is 1. The van der Waals surface area contributed by atoms with Crippen molar-refractivity contribution in [3.05, 3.63) is 83.2 Å². The van der Waals surface area contributed by atoms with Crippen molar-refractivity contribution in [2.45, 2.75) is 75.0 Å². The van der Waals surface area contributed by atoms with E-state index in [1.165, 1.54) is 62.5 Å². The van der Waals surface area contributed by atoms with Crippen LogP contribution in [0.15, 0.2) is 66.2 Å². The van der Waals surface area contributed by atoms with Gasteiger partial charge in [0.2, 0.25) is 11.5 Å². The maximum Gasteiger partial charge on any atom is 0.411 e. The van der Waals surface area contributed by atoms with Crippen LogP contribution < -0.4 is 11.1 Å². The van der Waals surface area contributed by atoms with Gasteiger partial charge in [-0.15, -0.1) is 0 Å². The smallest absolute Gasteiger partial charge is 0.411 e. The molecule has 21 heteroatoms. The molecule has 7 rings (SSSR count). The summed E-state index contributed by atoms with van der Waals surface area (Å²) < 4.78 is 102. The van der Waals surface area contributed by atoms with Crippen molar-refractivity contribution < 1.29 is 45.1 Å². The van der Waals surface area contributed by atoms with Crippen molar-refractivity contribution in [1.82, 2.24) is 34.8 Å². The number of aliphatic imine (C=N–C) groups is 1. The highest BCUT2D eigenvalue weighted by Crippen LogP contribution is 2.57. The number of hydrogen-bond donors (Lipinski definition) is 2. The van der Waals surface area contributed by atoms with Gasteiger partial charge in [0, 0.05) is 23.7 Å². The van der Waals surface area contributed by atoms with E-state index in [1.807, 2.05) is 11.4 Å². The monoisotopic (exact) mass is 816 g/mol. The summed E-state index contributed by atoms with van der Waals surface area (Å²) in [4.78, 5) is 37.2. The van der Waals surface area contributed by atoms with Crippen molar-refractivity contribution in [3.8, 4) is 34.7 Å². The molecule has 3 aliphatic rings. The van der Waals surface area contributed by atoms with Crippen LogP contribution in [0, 0.1) is 28.6 Å². The number of alkyl carbamates (subject to hydrolysis) is 1. The van der Waals surface area contributed by atoms with Crippen LogP contribution in [-0.2, 0) is 20.6 Å². The molecule has 2 aromatic heterocycles. The van der Waals surface area contributed by atoms with Crippen molar-refractivity contribution in [2.75, 3.05) is 0 Å². The molecular weight excluding hydrogens is 789 g/mol. The second-order valence-electron chi connectivity index (χ2n) is 14.1. The number of nitriles is 1. The first-order valence-electron chi connectivity index (χ1n) is 16.9. The molecular formula is C36H28ClF7N10O3. The summed E-state index contributed by atoms with van der Waals surface area (Å²) in [5.74, 6) is 3.33. The van der Waals surface area contributed by atoms with Gasteiger partial charge in [-0.2, -0.15) is 37.4 Å². The molecule has 2 amide bonds. The summed E-state index contributed by atoms with van der Waals surface area (Å²) in [6, 6.07) is 11.8. The Balaban J connectivity index is 1.33. The van der Waals surface area contributed by atoms with Gasteiger partial charge in [-0.1, -0.05) is 53.8 Å². The van der Waals surface area contributed by atoms with E-state index in [0.717, 1.165) is 22.1 Å². The Morgan fingerprint density at radius 1 is 1.07 bits per heavy atom. The van der Waals surface area contributed by atoms with E-state index in [1.54, 1.807) is 0 Å². The minimum absolute atomic E-state index is 0.0753. The van der Waals surface area contributed by atoms with Crippen LogP contribution in [0.5, 0.6) is 0 Å². The van der Waals surface area contributed by atoms with E-state index in [4.69, 9.17) is 22.1 Å². The lowest BCUT2D eigenvalue weighted by atomic mass is 9.86. The Morgan fingerprint density at radius 2 is 1.75 bits per heavy atom. The fraction of sp³-hybridized carbons (Fsp3) is 0.361. The Hall–Kier alpha value is -6.15. The second kappa shape index (κ2) is 13.5. The SMILES string of the molecule is CC(C)(C#N)C#C[C@]1(c2ccc(-c3cnn(C(F)F)c3)cc2)N=C(N)N([C@@]2(c3ccc(Cl)c(-n4ncnc4C(F)F)c3)C[C@@H]2OC(=O)NC2(C(F)(F)F)CC2)C1=O. The van der Waals surface area contributed by atoms with E-state index < -0.39 is 71.1 Å². The number of carbonyl (C=O) groups is 2. The standard InChI is InChI=1S/C36H28ClF7N10O3/c1-32(2,17-45)9-12-34(21-5-3-19(4-6-21)20-15-48-52(16-20)29(40)41)28(55)53(30(46)50-34)35(14-25(35)57-31(56)51-33(10-11-33)36(42,43)44)22-7-8-23(37)24(13-22)54-27(26(38)39)47-18-49-54/h3-8,13,15-16,18,25-26,29H,10-11,14H2,1-2H3,(H2,46,50)(H,51,56)/t25-,34+,35+/m0/s1. The fourth-order valence-electron chi connectivity index (χ4n) is 6.55. The van der Waals surface area contributed by atoms with Gasteiger partial charge >= 0.3 is 18.8 Å². The van der Waals surface area contributed by atoms with Gasteiger partial charge in [0.1, 0.15) is 28.9 Å². The molecule has 3 heterocycles. The van der Waals surface area contributed by atoms with E-state index >= 15 is 4.79 Å². The van der Waals surface area contributed by atoms with Crippen molar-refractivity contribution >= 4 is 29.6 Å². The third-order valence-corrected chi connectivity index (χ3v) is 10.2. The molecule has 2 aromatic carbocycles. The van der Waals surface area contributed by atoms with E-state index in [-0.39, 0.29) is 41.1 Å². The van der Waals surface area contributed by atoms with E-state index in [9.17, 15) is 40.8 Å². The van der Waals surface area contributed by atoms with Crippen molar-refractivity contribution in [3.63, 3.8) is 0 Å². The first-order valence-corrected chi connectivity index (χ1v) is 17.3. The van der Waals surface area contributed by atoms with Gasteiger partial charge in [0.25, 0.3) is 12.3 Å². The van der Waals surface area contributed by atoms with E-state index in [2.05, 4.69) is 32.0 Å². The Morgan fingerprint density at radius 3 is 2.35 bits per heavy atom. The minimum Gasteiger partial charge on any atom is -0.443 e. The van der Waals surface area contributed by atoms with Gasteiger partial charge in [0.15, 0.2) is 5.82 Å². The number of alkyl halides is 7. The minimum atomic E-state index is -4.78. The summed E-state index contributed by atoms with van der Waals surface area (Å²) in [6.45, 7) is 0.0623.